The first-order valence-corrected chi connectivity index (χ1v) is 7.54. The molecule has 0 aromatic carbocycles. The van der Waals surface area contributed by atoms with Crippen LogP contribution in [-0.4, -0.2) is 37.5 Å². The molecule has 0 spiro atoms. The third kappa shape index (κ3) is 6.72. The zero-order chi connectivity index (χ0) is 13.4. The second kappa shape index (κ2) is 8.13. The maximum atomic E-state index is 9.76. The molecule has 1 rings (SSSR count). The maximum Gasteiger partial charge on any atom is 0.0897 e. The minimum Gasteiger partial charge on any atom is -0.389 e. The lowest BCUT2D eigenvalue weighted by Crippen LogP contribution is -2.34. The standard InChI is InChI=1S/C15H31NO2/c1-4-15(7-8-15)12-16-10-14(17)11-18-9-5-6-13(2)3/h13-14,16-17H,4-12H2,1-3H3. The van der Waals surface area contributed by atoms with Crippen LogP contribution in [0.2, 0.25) is 0 Å². The van der Waals surface area contributed by atoms with Gasteiger partial charge in [0.05, 0.1) is 12.7 Å². The van der Waals surface area contributed by atoms with Gasteiger partial charge in [-0.05, 0) is 43.4 Å². The van der Waals surface area contributed by atoms with Crippen LogP contribution in [0.5, 0.6) is 0 Å². The van der Waals surface area contributed by atoms with Crippen LogP contribution in [-0.2, 0) is 4.74 Å². The van der Waals surface area contributed by atoms with E-state index in [1.54, 1.807) is 0 Å². The number of hydrogen-bond donors (Lipinski definition) is 2. The van der Waals surface area contributed by atoms with Crippen molar-refractivity contribution in [1.82, 2.24) is 5.32 Å². The molecule has 0 amide bonds. The summed E-state index contributed by atoms with van der Waals surface area (Å²) in [4.78, 5) is 0. The average Bonchev–Trinajstić information content (AvgIpc) is 3.09. The van der Waals surface area contributed by atoms with Crippen LogP contribution in [0.15, 0.2) is 0 Å². The van der Waals surface area contributed by atoms with Crippen LogP contribution in [0.4, 0.5) is 0 Å². The fourth-order valence-corrected chi connectivity index (χ4v) is 2.21. The number of aliphatic hydroxyl groups is 1. The van der Waals surface area contributed by atoms with Gasteiger partial charge in [0, 0.05) is 19.7 Å². The van der Waals surface area contributed by atoms with Gasteiger partial charge in [-0.15, -0.1) is 0 Å². The summed E-state index contributed by atoms with van der Waals surface area (Å²) in [5.74, 6) is 0.740. The molecule has 0 radical (unpaired) electrons. The van der Waals surface area contributed by atoms with Gasteiger partial charge in [-0.3, -0.25) is 0 Å². The Morgan fingerprint density at radius 3 is 2.61 bits per heavy atom. The Kier molecular flexibility index (Phi) is 7.20. The summed E-state index contributed by atoms with van der Waals surface area (Å²) in [5, 5.41) is 13.1. The van der Waals surface area contributed by atoms with Gasteiger partial charge >= 0.3 is 0 Å². The van der Waals surface area contributed by atoms with Gasteiger partial charge in [0.1, 0.15) is 0 Å². The van der Waals surface area contributed by atoms with Gasteiger partial charge in [-0.2, -0.15) is 0 Å². The van der Waals surface area contributed by atoms with Gasteiger partial charge in [0.25, 0.3) is 0 Å². The SMILES string of the molecule is CCC1(CNCC(O)COCCCC(C)C)CC1. The molecule has 0 aliphatic heterocycles. The van der Waals surface area contributed by atoms with E-state index in [1.165, 1.54) is 25.7 Å². The van der Waals surface area contributed by atoms with Crippen molar-refractivity contribution >= 4 is 0 Å². The molecule has 1 atom stereocenters. The highest BCUT2D eigenvalue weighted by Crippen LogP contribution is 2.47. The minimum absolute atomic E-state index is 0.364. The Hall–Kier alpha value is -0.120. The molecule has 0 aromatic heterocycles. The van der Waals surface area contributed by atoms with Gasteiger partial charge in [-0.25, -0.2) is 0 Å². The van der Waals surface area contributed by atoms with Crippen LogP contribution in [0.1, 0.15) is 52.9 Å². The smallest absolute Gasteiger partial charge is 0.0897 e. The Balaban J connectivity index is 1.89. The van der Waals surface area contributed by atoms with Crippen molar-refractivity contribution in [3.63, 3.8) is 0 Å². The highest BCUT2D eigenvalue weighted by molar-refractivity contribution is 4.93. The van der Waals surface area contributed by atoms with E-state index >= 15 is 0 Å². The Labute approximate surface area is 112 Å². The van der Waals surface area contributed by atoms with E-state index in [9.17, 15) is 5.11 Å². The van der Waals surface area contributed by atoms with Crippen molar-refractivity contribution in [2.24, 2.45) is 11.3 Å². The maximum absolute atomic E-state index is 9.76. The zero-order valence-corrected chi connectivity index (χ0v) is 12.4. The molecule has 0 saturated heterocycles. The number of ether oxygens (including phenoxy) is 1. The van der Waals surface area contributed by atoms with Crippen LogP contribution in [0.25, 0.3) is 0 Å². The Morgan fingerprint density at radius 2 is 2.06 bits per heavy atom. The first-order chi connectivity index (χ1) is 8.58. The molecule has 3 nitrogen and oxygen atoms in total. The lowest BCUT2D eigenvalue weighted by atomic mass is 10.0. The van der Waals surface area contributed by atoms with E-state index in [0.717, 1.165) is 25.5 Å². The molecule has 0 heterocycles. The number of hydrogen-bond acceptors (Lipinski definition) is 3. The summed E-state index contributed by atoms with van der Waals surface area (Å²) in [5.41, 5.74) is 0.553. The van der Waals surface area contributed by atoms with Crippen molar-refractivity contribution in [3.05, 3.63) is 0 Å². The predicted octanol–water partition coefficient (Wildman–Crippen LogP) is 2.58. The lowest BCUT2D eigenvalue weighted by molar-refractivity contribution is 0.0342. The van der Waals surface area contributed by atoms with Gasteiger partial charge in [0.2, 0.25) is 0 Å². The monoisotopic (exact) mass is 257 g/mol. The van der Waals surface area contributed by atoms with Crippen LogP contribution in [0.3, 0.4) is 0 Å². The van der Waals surface area contributed by atoms with E-state index in [0.29, 0.717) is 18.6 Å². The fourth-order valence-electron chi connectivity index (χ4n) is 2.21. The molecular weight excluding hydrogens is 226 g/mol. The summed E-state index contributed by atoms with van der Waals surface area (Å²) in [6.07, 6.45) is 5.87. The highest BCUT2D eigenvalue weighted by atomic mass is 16.5. The molecule has 2 N–H and O–H groups in total. The number of aliphatic hydroxyl groups excluding tert-OH is 1. The van der Waals surface area contributed by atoms with E-state index in [4.69, 9.17) is 4.74 Å². The van der Waals surface area contributed by atoms with E-state index in [1.807, 2.05) is 0 Å². The quantitative estimate of drug-likeness (QED) is 0.559. The minimum atomic E-state index is -0.364. The lowest BCUT2D eigenvalue weighted by Gasteiger charge is -2.16. The zero-order valence-electron chi connectivity index (χ0n) is 12.4. The van der Waals surface area contributed by atoms with Crippen molar-refractivity contribution < 1.29 is 9.84 Å². The molecule has 108 valence electrons. The van der Waals surface area contributed by atoms with Crippen LogP contribution < -0.4 is 5.32 Å². The van der Waals surface area contributed by atoms with Crippen molar-refractivity contribution in [3.8, 4) is 0 Å². The fraction of sp³-hybridized carbons (Fsp3) is 1.00. The Morgan fingerprint density at radius 1 is 1.33 bits per heavy atom. The number of rotatable bonds is 11. The normalized spacial score (nSPS) is 19.2. The third-order valence-electron chi connectivity index (χ3n) is 3.97. The molecule has 1 unspecified atom stereocenters. The number of nitrogens with one attached hydrogen (secondary N) is 1. The molecule has 1 aliphatic rings. The second-order valence-electron chi connectivity index (χ2n) is 6.25. The van der Waals surface area contributed by atoms with Crippen LogP contribution >= 0.6 is 0 Å². The summed E-state index contributed by atoms with van der Waals surface area (Å²) in [7, 11) is 0. The van der Waals surface area contributed by atoms with E-state index in [2.05, 4.69) is 26.1 Å². The van der Waals surface area contributed by atoms with Gasteiger partial charge < -0.3 is 15.2 Å². The average molecular weight is 257 g/mol. The molecule has 1 saturated carbocycles. The predicted molar refractivity (Wildman–Crippen MR) is 75.7 cm³/mol. The first-order valence-electron chi connectivity index (χ1n) is 7.54. The second-order valence-corrected chi connectivity index (χ2v) is 6.25. The third-order valence-corrected chi connectivity index (χ3v) is 3.97. The molecule has 0 aromatic rings. The molecular formula is C15H31NO2. The van der Waals surface area contributed by atoms with Crippen molar-refractivity contribution in [1.29, 1.82) is 0 Å². The summed E-state index contributed by atoms with van der Waals surface area (Å²) >= 11 is 0. The Bertz CT molecular complexity index is 215. The van der Waals surface area contributed by atoms with E-state index in [-0.39, 0.29) is 6.10 Å². The topological polar surface area (TPSA) is 41.5 Å². The molecule has 0 bridgehead atoms. The molecule has 1 fully saturated rings. The van der Waals surface area contributed by atoms with Gasteiger partial charge in [-0.1, -0.05) is 20.8 Å². The largest absolute Gasteiger partial charge is 0.389 e. The summed E-state index contributed by atoms with van der Waals surface area (Å²) in [6.45, 7) is 9.64. The van der Waals surface area contributed by atoms with E-state index < -0.39 is 0 Å². The highest BCUT2D eigenvalue weighted by Gasteiger charge is 2.39. The van der Waals surface area contributed by atoms with Crippen molar-refractivity contribution in [2.45, 2.75) is 59.0 Å². The van der Waals surface area contributed by atoms with Gasteiger partial charge in [0.15, 0.2) is 0 Å². The molecule has 3 heteroatoms. The molecule has 18 heavy (non-hydrogen) atoms. The molecule has 1 aliphatic carbocycles. The first kappa shape index (κ1) is 15.9. The summed E-state index contributed by atoms with van der Waals surface area (Å²) < 4.78 is 5.48. The van der Waals surface area contributed by atoms with Crippen LogP contribution in [0, 0.1) is 11.3 Å². The van der Waals surface area contributed by atoms with Crippen molar-refractivity contribution in [2.75, 3.05) is 26.3 Å². The summed E-state index contributed by atoms with van der Waals surface area (Å²) in [6, 6.07) is 0.